The van der Waals surface area contributed by atoms with E-state index in [1.54, 1.807) is 6.07 Å². The molecule has 0 unspecified atom stereocenters. The highest BCUT2D eigenvalue weighted by molar-refractivity contribution is 5.59. The van der Waals surface area contributed by atoms with E-state index in [0.29, 0.717) is 5.69 Å². The first kappa shape index (κ1) is 10.8. The second-order valence-corrected chi connectivity index (χ2v) is 3.53. The van der Waals surface area contributed by atoms with Crippen LogP contribution < -0.4 is 0 Å². The van der Waals surface area contributed by atoms with Crippen LogP contribution in [0.4, 0.5) is 0 Å². The Morgan fingerprint density at radius 3 is 2.31 bits per heavy atom. The van der Waals surface area contributed by atoms with Gasteiger partial charge in [0.1, 0.15) is 0 Å². The molecule has 0 spiro atoms. The SMILES string of the molecule is OCc1cc(CO)nc(-c2ccccc2)c1. The summed E-state index contributed by atoms with van der Waals surface area (Å²) in [6.07, 6.45) is 0. The van der Waals surface area contributed by atoms with Crippen LogP contribution in [0.1, 0.15) is 11.3 Å². The third-order valence-electron chi connectivity index (χ3n) is 2.35. The lowest BCUT2D eigenvalue weighted by Gasteiger charge is -2.06. The smallest absolute Gasteiger partial charge is 0.0853 e. The van der Waals surface area contributed by atoms with Gasteiger partial charge in [0, 0.05) is 5.56 Å². The monoisotopic (exact) mass is 215 g/mol. The van der Waals surface area contributed by atoms with Crippen molar-refractivity contribution in [2.75, 3.05) is 0 Å². The van der Waals surface area contributed by atoms with E-state index in [1.165, 1.54) is 0 Å². The van der Waals surface area contributed by atoms with Crippen molar-refractivity contribution in [1.29, 1.82) is 0 Å². The fraction of sp³-hybridized carbons (Fsp3) is 0.154. The molecule has 1 heterocycles. The van der Waals surface area contributed by atoms with Crippen molar-refractivity contribution in [3.8, 4) is 11.3 Å². The standard InChI is InChI=1S/C13H13NO2/c15-8-10-6-12(9-16)14-13(7-10)11-4-2-1-3-5-11/h1-7,15-16H,8-9H2. The Hall–Kier alpha value is -1.71. The third-order valence-corrected chi connectivity index (χ3v) is 2.35. The Balaban J connectivity index is 2.48. The minimum absolute atomic E-state index is 0.0463. The molecule has 0 atom stereocenters. The van der Waals surface area contributed by atoms with Gasteiger partial charge >= 0.3 is 0 Å². The maximum Gasteiger partial charge on any atom is 0.0853 e. The van der Waals surface area contributed by atoms with Crippen LogP contribution in [0.25, 0.3) is 11.3 Å². The normalized spacial score (nSPS) is 10.4. The van der Waals surface area contributed by atoms with Gasteiger partial charge in [-0.1, -0.05) is 30.3 Å². The van der Waals surface area contributed by atoms with Gasteiger partial charge in [-0.3, -0.25) is 4.98 Å². The van der Waals surface area contributed by atoms with E-state index in [9.17, 15) is 0 Å². The van der Waals surface area contributed by atoms with Crippen molar-refractivity contribution in [1.82, 2.24) is 4.98 Å². The van der Waals surface area contributed by atoms with Crippen LogP contribution in [0.15, 0.2) is 42.5 Å². The molecule has 0 saturated carbocycles. The van der Waals surface area contributed by atoms with Gasteiger partial charge in [-0.15, -0.1) is 0 Å². The molecular formula is C13H13NO2. The van der Waals surface area contributed by atoms with Gasteiger partial charge in [-0.05, 0) is 17.7 Å². The number of rotatable bonds is 3. The van der Waals surface area contributed by atoms with E-state index in [4.69, 9.17) is 10.2 Å². The summed E-state index contributed by atoms with van der Waals surface area (Å²) in [6, 6.07) is 13.2. The highest BCUT2D eigenvalue weighted by Crippen LogP contribution is 2.19. The van der Waals surface area contributed by atoms with Gasteiger partial charge < -0.3 is 10.2 Å². The largest absolute Gasteiger partial charge is 0.392 e. The Labute approximate surface area is 94.0 Å². The molecule has 0 amide bonds. The van der Waals surface area contributed by atoms with E-state index in [0.717, 1.165) is 16.8 Å². The van der Waals surface area contributed by atoms with Crippen LogP contribution in [-0.2, 0) is 13.2 Å². The van der Waals surface area contributed by atoms with Gasteiger partial charge in [-0.2, -0.15) is 0 Å². The number of nitrogens with zero attached hydrogens (tertiary/aromatic N) is 1. The number of aliphatic hydroxyl groups excluding tert-OH is 2. The minimum Gasteiger partial charge on any atom is -0.392 e. The maximum atomic E-state index is 9.12. The molecule has 0 bridgehead atoms. The van der Waals surface area contributed by atoms with Crippen molar-refractivity contribution in [2.45, 2.75) is 13.2 Å². The zero-order valence-corrected chi connectivity index (χ0v) is 8.80. The molecule has 0 radical (unpaired) electrons. The summed E-state index contributed by atoms with van der Waals surface area (Å²) in [4.78, 5) is 4.31. The second-order valence-electron chi connectivity index (χ2n) is 3.53. The zero-order chi connectivity index (χ0) is 11.4. The highest BCUT2D eigenvalue weighted by atomic mass is 16.3. The summed E-state index contributed by atoms with van der Waals surface area (Å²) >= 11 is 0. The van der Waals surface area contributed by atoms with Crippen LogP contribution in [0.2, 0.25) is 0 Å². The molecule has 0 aliphatic heterocycles. The molecular weight excluding hydrogens is 202 g/mol. The summed E-state index contributed by atoms with van der Waals surface area (Å²) in [6.45, 7) is -0.164. The van der Waals surface area contributed by atoms with E-state index < -0.39 is 0 Å². The molecule has 1 aromatic carbocycles. The quantitative estimate of drug-likeness (QED) is 0.819. The van der Waals surface area contributed by atoms with Gasteiger partial charge in [0.2, 0.25) is 0 Å². The highest BCUT2D eigenvalue weighted by Gasteiger charge is 2.03. The first-order valence-electron chi connectivity index (χ1n) is 5.10. The molecule has 0 aliphatic rings. The van der Waals surface area contributed by atoms with Gasteiger partial charge in [0.05, 0.1) is 24.6 Å². The Morgan fingerprint density at radius 1 is 0.938 bits per heavy atom. The van der Waals surface area contributed by atoms with Gasteiger partial charge in [0.25, 0.3) is 0 Å². The Bertz CT molecular complexity index is 446. The Morgan fingerprint density at radius 2 is 1.69 bits per heavy atom. The summed E-state index contributed by atoms with van der Waals surface area (Å²) in [5, 5.41) is 18.2. The lowest BCUT2D eigenvalue weighted by atomic mass is 10.1. The average Bonchev–Trinajstić information content (AvgIpc) is 2.39. The molecule has 2 rings (SSSR count). The van der Waals surface area contributed by atoms with Crippen molar-refractivity contribution >= 4 is 0 Å². The van der Waals surface area contributed by atoms with Crippen LogP contribution >= 0.6 is 0 Å². The van der Waals surface area contributed by atoms with Gasteiger partial charge in [0.15, 0.2) is 0 Å². The van der Waals surface area contributed by atoms with E-state index >= 15 is 0 Å². The maximum absolute atomic E-state index is 9.12. The predicted molar refractivity (Wildman–Crippen MR) is 61.5 cm³/mol. The van der Waals surface area contributed by atoms with Crippen molar-refractivity contribution in [3.05, 3.63) is 53.7 Å². The number of pyridine rings is 1. The van der Waals surface area contributed by atoms with Crippen molar-refractivity contribution in [2.24, 2.45) is 0 Å². The van der Waals surface area contributed by atoms with Crippen LogP contribution in [0.3, 0.4) is 0 Å². The Kier molecular flexibility index (Phi) is 3.29. The van der Waals surface area contributed by atoms with Crippen LogP contribution in [0, 0.1) is 0 Å². The lowest BCUT2D eigenvalue weighted by Crippen LogP contribution is -1.96. The summed E-state index contributed by atoms with van der Waals surface area (Å²) in [7, 11) is 0. The third kappa shape index (κ3) is 2.27. The first-order valence-corrected chi connectivity index (χ1v) is 5.10. The van der Waals surface area contributed by atoms with Crippen molar-refractivity contribution < 1.29 is 10.2 Å². The molecule has 3 heteroatoms. The minimum atomic E-state index is -0.117. The number of hydrogen-bond donors (Lipinski definition) is 2. The summed E-state index contributed by atoms with van der Waals surface area (Å²) in [5.74, 6) is 0. The van der Waals surface area contributed by atoms with Gasteiger partial charge in [-0.25, -0.2) is 0 Å². The fourth-order valence-corrected chi connectivity index (χ4v) is 1.58. The molecule has 2 aromatic rings. The topological polar surface area (TPSA) is 53.4 Å². The van der Waals surface area contributed by atoms with E-state index in [1.807, 2.05) is 36.4 Å². The number of aromatic nitrogens is 1. The lowest BCUT2D eigenvalue weighted by molar-refractivity contribution is 0.272. The number of aliphatic hydroxyl groups is 2. The average molecular weight is 215 g/mol. The molecule has 16 heavy (non-hydrogen) atoms. The second kappa shape index (κ2) is 4.88. The van der Waals surface area contributed by atoms with E-state index in [-0.39, 0.29) is 13.2 Å². The van der Waals surface area contributed by atoms with Crippen molar-refractivity contribution in [3.63, 3.8) is 0 Å². The summed E-state index contributed by atoms with van der Waals surface area (Å²) in [5.41, 5.74) is 3.09. The molecule has 0 fully saturated rings. The zero-order valence-electron chi connectivity index (χ0n) is 8.80. The summed E-state index contributed by atoms with van der Waals surface area (Å²) < 4.78 is 0. The van der Waals surface area contributed by atoms with Crippen LogP contribution in [0.5, 0.6) is 0 Å². The predicted octanol–water partition coefficient (Wildman–Crippen LogP) is 1.73. The fourth-order valence-electron chi connectivity index (χ4n) is 1.58. The number of benzene rings is 1. The van der Waals surface area contributed by atoms with Crippen LogP contribution in [-0.4, -0.2) is 15.2 Å². The molecule has 1 aromatic heterocycles. The molecule has 82 valence electrons. The number of hydrogen-bond acceptors (Lipinski definition) is 3. The van der Waals surface area contributed by atoms with E-state index in [2.05, 4.69) is 4.98 Å². The molecule has 0 saturated heterocycles. The molecule has 0 aliphatic carbocycles. The first-order chi connectivity index (χ1) is 7.83. The molecule has 2 N–H and O–H groups in total. The molecule has 3 nitrogen and oxygen atoms in total.